The summed E-state index contributed by atoms with van der Waals surface area (Å²) < 4.78 is 5.45. The fraction of sp³-hybridized carbons (Fsp3) is 0.857. The molecule has 0 saturated carbocycles. The normalized spacial score (nSPS) is 21.2. The molecule has 0 spiro atoms. The molecule has 0 aliphatic carbocycles. The number of likely N-dealkylation sites (tertiary alicyclic amines) is 1. The van der Waals surface area contributed by atoms with Crippen molar-refractivity contribution in [1.29, 1.82) is 0 Å². The number of carboxylic acids is 1. The molecule has 1 aliphatic rings. The number of rotatable bonds is 7. The monoisotopic (exact) mass is 271 g/mol. The number of hydrogen-bond acceptors (Lipinski definition) is 3. The molecule has 5 nitrogen and oxygen atoms in total. The van der Waals surface area contributed by atoms with Crippen LogP contribution in [0, 0.1) is 5.92 Å². The Balaban J connectivity index is 2.48. The molecule has 1 heterocycles. The van der Waals surface area contributed by atoms with Crippen LogP contribution in [0.15, 0.2) is 0 Å². The Labute approximate surface area is 114 Å². The van der Waals surface area contributed by atoms with Crippen molar-refractivity contribution in [3.05, 3.63) is 0 Å². The minimum absolute atomic E-state index is 0.0596. The summed E-state index contributed by atoms with van der Waals surface area (Å²) in [4.78, 5) is 24.7. The van der Waals surface area contributed by atoms with Crippen LogP contribution in [0.1, 0.15) is 46.0 Å². The lowest BCUT2D eigenvalue weighted by molar-refractivity contribution is -0.145. The van der Waals surface area contributed by atoms with Gasteiger partial charge in [0.15, 0.2) is 0 Å². The van der Waals surface area contributed by atoms with E-state index >= 15 is 0 Å². The highest BCUT2D eigenvalue weighted by Crippen LogP contribution is 2.22. The third-order valence-corrected chi connectivity index (χ3v) is 3.61. The van der Waals surface area contributed by atoms with Gasteiger partial charge in [-0.3, -0.25) is 9.59 Å². The second-order valence-electron chi connectivity index (χ2n) is 5.08. The van der Waals surface area contributed by atoms with E-state index in [1.807, 2.05) is 18.7 Å². The van der Waals surface area contributed by atoms with E-state index in [-0.39, 0.29) is 18.4 Å². The number of carboxylic acid groups (broad SMARTS) is 1. The summed E-state index contributed by atoms with van der Waals surface area (Å²) >= 11 is 0. The van der Waals surface area contributed by atoms with E-state index in [9.17, 15) is 9.59 Å². The molecule has 1 aliphatic heterocycles. The van der Waals surface area contributed by atoms with Crippen LogP contribution in [0.3, 0.4) is 0 Å². The highest BCUT2D eigenvalue weighted by molar-refractivity contribution is 5.81. The van der Waals surface area contributed by atoms with E-state index in [0.717, 1.165) is 19.4 Å². The van der Waals surface area contributed by atoms with Crippen LogP contribution in [0.25, 0.3) is 0 Å². The zero-order chi connectivity index (χ0) is 14.3. The van der Waals surface area contributed by atoms with Gasteiger partial charge in [-0.2, -0.15) is 0 Å². The first kappa shape index (κ1) is 16.0. The van der Waals surface area contributed by atoms with E-state index in [1.165, 1.54) is 0 Å². The van der Waals surface area contributed by atoms with Gasteiger partial charge in [0.25, 0.3) is 5.91 Å². The molecule has 5 heteroatoms. The standard InChI is InChI=1S/C14H25NO4/c1-3-12(19-4-2)14(18)15-9-5-6-11(10-15)7-8-13(16)17/h11-12H,3-10H2,1-2H3,(H,16,17)/t11-,12-/m0/s1. The Hall–Kier alpha value is -1.10. The molecule has 0 radical (unpaired) electrons. The predicted molar refractivity (Wildman–Crippen MR) is 71.9 cm³/mol. The van der Waals surface area contributed by atoms with E-state index in [0.29, 0.717) is 31.9 Å². The quantitative estimate of drug-likeness (QED) is 0.768. The molecule has 0 aromatic rings. The summed E-state index contributed by atoms with van der Waals surface area (Å²) in [6.07, 6.45) is 3.16. The lowest BCUT2D eigenvalue weighted by Gasteiger charge is -2.34. The van der Waals surface area contributed by atoms with Crippen molar-refractivity contribution >= 4 is 11.9 Å². The number of hydrogen-bond donors (Lipinski definition) is 1. The molecule has 1 rings (SSSR count). The number of piperidine rings is 1. The maximum absolute atomic E-state index is 12.3. The van der Waals surface area contributed by atoms with Crippen LogP contribution in [0.2, 0.25) is 0 Å². The molecule has 1 amide bonds. The molecule has 1 N–H and O–H groups in total. The maximum Gasteiger partial charge on any atom is 0.303 e. The average Bonchev–Trinajstić information content (AvgIpc) is 2.42. The summed E-state index contributed by atoms with van der Waals surface area (Å²) in [6.45, 7) is 5.83. The Morgan fingerprint density at radius 3 is 2.74 bits per heavy atom. The molecule has 0 aromatic carbocycles. The molecule has 19 heavy (non-hydrogen) atoms. The van der Waals surface area contributed by atoms with Gasteiger partial charge in [-0.1, -0.05) is 6.92 Å². The number of carbonyl (C=O) groups excluding carboxylic acids is 1. The van der Waals surface area contributed by atoms with Gasteiger partial charge in [-0.05, 0) is 38.5 Å². The van der Waals surface area contributed by atoms with E-state index in [2.05, 4.69) is 0 Å². The summed E-state index contributed by atoms with van der Waals surface area (Å²) in [7, 11) is 0. The van der Waals surface area contributed by atoms with Crippen molar-refractivity contribution in [2.45, 2.75) is 52.1 Å². The smallest absolute Gasteiger partial charge is 0.303 e. The average molecular weight is 271 g/mol. The molecule has 0 aromatic heterocycles. The van der Waals surface area contributed by atoms with E-state index < -0.39 is 5.97 Å². The fourth-order valence-electron chi connectivity index (χ4n) is 2.60. The first-order valence-electron chi connectivity index (χ1n) is 7.20. The van der Waals surface area contributed by atoms with Crippen molar-refractivity contribution < 1.29 is 19.4 Å². The third kappa shape index (κ3) is 5.19. The molecule has 1 saturated heterocycles. The molecular weight excluding hydrogens is 246 g/mol. The molecule has 0 bridgehead atoms. The zero-order valence-corrected chi connectivity index (χ0v) is 11.9. The van der Waals surface area contributed by atoms with Crippen LogP contribution in [-0.2, 0) is 14.3 Å². The van der Waals surface area contributed by atoms with Crippen molar-refractivity contribution in [3.8, 4) is 0 Å². The summed E-state index contributed by atoms with van der Waals surface area (Å²) in [6, 6.07) is 0. The van der Waals surface area contributed by atoms with Gasteiger partial charge in [-0.15, -0.1) is 0 Å². The topological polar surface area (TPSA) is 66.8 Å². The number of aliphatic carboxylic acids is 1. The predicted octanol–water partition coefficient (Wildman–Crippen LogP) is 1.90. The van der Waals surface area contributed by atoms with Crippen LogP contribution in [-0.4, -0.2) is 47.7 Å². The van der Waals surface area contributed by atoms with Crippen molar-refractivity contribution in [3.63, 3.8) is 0 Å². The highest BCUT2D eigenvalue weighted by Gasteiger charge is 2.28. The van der Waals surface area contributed by atoms with Crippen LogP contribution in [0.5, 0.6) is 0 Å². The minimum atomic E-state index is -0.760. The van der Waals surface area contributed by atoms with E-state index in [4.69, 9.17) is 9.84 Å². The van der Waals surface area contributed by atoms with Gasteiger partial charge in [0.2, 0.25) is 0 Å². The van der Waals surface area contributed by atoms with Crippen LogP contribution in [0.4, 0.5) is 0 Å². The number of amides is 1. The van der Waals surface area contributed by atoms with Crippen molar-refractivity contribution in [2.24, 2.45) is 5.92 Å². The zero-order valence-electron chi connectivity index (χ0n) is 11.9. The second kappa shape index (κ2) is 8.15. The number of carbonyl (C=O) groups is 2. The van der Waals surface area contributed by atoms with Gasteiger partial charge in [0.1, 0.15) is 6.10 Å². The Morgan fingerprint density at radius 2 is 2.16 bits per heavy atom. The van der Waals surface area contributed by atoms with Gasteiger partial charge in [0.05, 0.1) is 0 Å². The highest BCUT2D eigenvalue weighted by atomic mass is 16.5. The number of nitrogens with zero attached hydrogens (tertiary/aromatic N) is 1. The first-order chi connectivity index (χ1) is 9.08. The number of ether oxygens (including phenoxy) is 1. The largest absolute Gasteiger partial charge is 0.481 e. The minimum Gasteiger partial charge on any atom is -0.481 e. The van der Waals surface area contributed by atoms with Crippen LogP contribution >= 0.6 is 0 Å². The molecule has 0 unspecified atom stereocenters. The van der Waals surface area contributed by atoms with Gasteiger partial charge in [-0.25, -0.2) is 0 Å². The third-order valence-electron chi connectivity index (χ3n) is 3.61. The SMILES string of the molecule is CCO[C@@H](CC)C(=O)N1CCC[C@@H](CCC(=O)O)C1. The maximum atomic E-state index is 12.3. The Kier molecular flexibility index (Phi) is 6.84. The summed E-state index contributed by atoms with van der Waals surface area (Å²) in [5, 5.41) is 8.71. The van der Waals surface area contributed by atoms with Crippen LogP contribution < -0.4 is 0 Å². The van der Waals surface area contributed by atoms with Gasteiger partial charge < -0.3 is 14.7 Å². The molecule has 1 fully saturated rings. The second-order valence-corrected chi connectivity index (χ2v) is 5.08. The van der Waals surface area contributed by atoms with Crippen molar-refractivity contribution in [1.82, 2.24) is 4.90 Å². The lowest BCUT2D eigenvalue weighted by atomic mass is 9.93. The van der Waals surface area contributed by atoms with E-state index in [1.54, 1.807) is 0 Å². The lowest BCUT2D eigenvalue weighted by Crippen LogP contribution is -2.45. The van der Waals surface area contributed by atoms with Crippen molar-refractivity contribution in [2.75, 3.05) is 19.7 Å². The molecule has 110 valence electrons. The van der Waals surface area contributed by atoms with Gasteiger partial charge >= 0.3 is 5.97 Å². The fourth-order valence-corrected chi connectivity index (χ4v) is 2.60. The molecular formula is C14H25NO4. The molecule has 2 atom stereocenters. The Morgan fingerprint density at radius 1 is 1.42 bits per heavy atom. The van der Waals surface area contributed by atoms with Gasteiger partial charge in [0, 0.05) is 26.1 Å². The Bertz CT molecular complexity index is 306. The summed E-state index contributed by atoms with van der Waals surface area (Å²) in [5.74, 6) is -0.387. The summed E-state index contributed by atoms with van der Waals surface area (Å²) in [5.41, 5.74) is 0. The first-order valence-corrected chi connectivity index (χ1v) is 7.20.